The van der Waals surface area contributed by atoms with Crippen LogP contribution in [0.2, 0.25) is 0 Å². The van der Waals surface area contributed by atoms with Crippen molar-refractivity contribution in [1.82, 2.24) is 20.0 Å². The van der Waals surface area contributed by atoms with Crippen molar-refractivity contribution in [1.29, 1.82) is 0 Å². The number of carbonyl (C=O) groups excluding carboxylic acids is 1. The van der Waals surface area contributed by atoms with Crippen LogP contribution in [-0.4, -0.2) is 40.2 Å². The number of hydrogen-bond acceptors (Lipinski definition) is 4. The summed E-state index contributed by atoms with van der Waals surface area (Å²) in [5.74, 6) is 0.953. The van der Waals surface area contributed by atoms with E-state index in [1.807, 2.05) is 37.7 Å². The topological polar surface area (TPSA) is 63.3 Å². The minimum absolute atomic E-state index is 0.0614. The monoisotopic (exact) mass is 346 g/mol. The van der Waals surface area contributed by atoms with E-state index in [0.29, 0.717) is 19.4 Å². The van der Waals surface area contributed by atoms with Crippen LogP contribution in [0.1, 0.15) is 49.0 Å². The molecule has 2 heterocycles. The minimum Gasteiger partial charge on any atom is -0.468 e. The van der Waals surface area contributed by atoms with E-state index in [2.05, 4.69) is 29.2 Å². The second-order valence-corrected chi connectivity index (χ2v) is 6.33. The second-order valence-electron chi connectivity index (χ2n) is 6.33. The van der Waals surface area contributed by atoms with Gasteiger partial charge in [-0.05, 0) is 51.1 Å². The third-order valence-electron chi connectivity index (χ3n) is 4.88. The molecule has 0 aromatic carbocycles. The molecule has 0 spiro atoms. The van der Waals surface area contributed by atoms with Crippen LogP contribution in [0.15, 0.2) is 22.8 Å². The quantitative estimate of drug-likeness (QED) is 0.758. The number of rotatable bonds is 9. The van der Waals surface area contributed by atoms with Gasteiger partial charge in [0.15, 0.2) is 0 Å². The van der Waals surface area contributed by atoms with Crippen molar-refractivity contribution < 1.29 is 9.21 Å². The normalized spacial score (nSPS) is 12.6. The van der Waals surface area contributed by atoms with Crippen molar-refractivity contribution in [2.45, 2.75) is 46.6 Å². The molecular weight excluding hydrogens is 316 g/mol. The molecule has 25 heavy (non-hydrogen) atoms. The summed E-state index contributed by atoms with van der Waals surface area (Å²) in [6.07, 6.45) is 2.87. The lowest BCUT2D eigenvalue weighted by atomic mass is 10.1. The van der Waals surface area contributed by atoms with Gasteiger partial charge in [-0.1, -0.05) is 13.8 Å². The van der Waals surface area contributed by atoms with E-state index in [9.17, 15) is 4.79 Å². The first-order valence-electron chi connectivity index (χ1n) is 9.01. The zero-order valence-electron chi connectivity index (χ0n) is 16.0. The van der Waals surface area contributed by atoms with Gasteiger partial charge < -0.3 is 9.73 Å². The van der Waals surface area contributed by atoms with Crippen molar-refractivity contribution in [3.63, 3.8) is 0 Å². The molecule has 2 aromatic rings. The van der Waals surface area contributed by atoms with E-state index in [1.54, 1.807) is 6.26 Å². The van der Waals surface area contributed by atoms with Crippen molar-refractivity contribution in [3.8, 4) is 0 Å². The molecule has 0 aliphatic rings. The van der Waals surface area contributed by atoms with Crippen LogP contribution < -0.4 is 5.32 Å². The van der Waals surface area contributed by atoms with Crippen LogP contribution in [0.4, 0.5) is 0 Å². The fourth-order valence-electron chi connectivity index (χ4n) is 3.27. The smallest absolute Gasteiger partial charge is 0.220 e. The van der Waals surface area contributed by atoms with E-state index >= 15 is 0 Å². The van der Waals surface area contributed by atoms with Crippen molar-refractivity contribution in [3.05, 3.63) is 41.1 Å². The Hall–Kier alpha value is -2.08. The van der Waals surface area contributed by atoms with Gasteiger partial charge >= 0.3 is 0 Å². The van der Waals surface area contributed by atoms with E-state index in [0.717, 1.165) is 30.2 Å². The lowest BCUT2D eigenvalue weighted by molar-refractivity contribution is -0.121. The molecule has 0 unspecified atom stereocenters. The van der Waals surface area contributed by atoms with Gasteiger partial charge in [-0.2, -0.15) is 5.10 Å². The highest BCUT2D eigenvalue weighted by molar-refractivity contribution is 5.76. The summed E-state index contributed by atoms with van der Waals surface area (Å²) in [6, 6.07) is 3.93. The number of likely N-dealkylation sites (N-methyl/N-ethyl adjacent to an activating group) is 1. The largest absolute Gasteiger partial charge is 0.468 e. The molecule has 138 valence electrons. The number of aromatic nitrogens is 2. The van der Waals surface area contributed by atoms with Crippen LogP contribution in [0.3, 0.4) is 0 Å². The van der Waals surface area contributed by atoms with Gasteiger partial charge in [0.1, 0.15) is 5.76 Å². The average molecular weight is 346 g/mol. The summed E-state index contributed by atoms with van der Waals surface area (Å²) in [6.45, 7) is 10.6. The Balaban J connectivity index is 1.92. The number of amides is 1. The Morgan fingerprint density at radius 3 is 2.60 bits per heavy atom. The predicted molar refractivity (Wildman–Crippen MR) is 98.4 cm³/mol. The number of nitrogens with one attached hydrogen (secondary N) is 1. The Morgan fingerprint density at radius 1 is 1.36 bits per heavy atom. The van der Waals surface area contributed by atoms with Crippen molar-refractivity contribution in [2.24, 2.45) is 7.05 Å². The maximum atomic E-state index is 12.3. The maximum absolute atomic E-state index is 12.3. The third kappa shape index (κ3) is 4.72. The first-order chi connectivity index (χ1) is 12.0. The van der Waals surface area contributed by atoms with Crippen LogP contribution in [0.5, 0.6) is 0 Å². The van der Waals surface area contributed by atoms with Gasteiger partial charge in [-0.15, -0.1) is 0 Å². The lowest BCUT2D eigenvalue weighted by Crippen LogP contribution is -2.38. The molecule has 0 saturated carbocycles. The maximum Gasteiger partial charge on any atom is 0.220 e. The van der Waals surface area contributed by atoms with E-state index in [4.69, 9.17) is 4.42 Å². The molecule has 2 aromatic heterocycles. The zero-order valence-corrected chi connectivity index (χ0v) is 16.0. The average Bonchev–Trinajstić information content (AvgIpc) is 3.19. The molecule has 0 radical (unpaired) electrons. The summed E-state index contributed by atoms with van der Waals surface area (Å²) in [5.41, 5.74) is 3.30. The molecule has 0 fully saturated rings. The van der Waals surface area contributed by atoms with Gasteiger partial charge in [0.25, 0.3) is 0 Å². The molecule has 1 amide bonds. The van der Waals surface area contributed by atoms with Crippen LogP contribution in [-0.2, 0) is 18.3 Å². The van der Waals surface area contributed by atoms with Gasteiger partial charge in [0.2, 0.25) is 5.91 Å². The highest BCUT2D eigenvalue weighted by Gasteiger charge is 2.21. The zero-order chi connectivity index (χ0) is 18.4. The number of carbonyl (C=O) groups is 1. The summed E-state index contributed by atoms with van der Waals surface area (Å²) < 4.78 is 7.44. The Morgan fingerprint density at radius 2 is 2.08 bits per heavy atom. The van der Waals surface area contributed by atoms with Crippen molar-refractivity contribution in [2.75, 3.05) is 19.6 Å². The standard InChI is InChI=1S/C19H30N4O2/c1-6-23(7-2)17(18-9-8-12-25-18)13-20-19(24)11-10-16-14(3)21-22(5)15(16)4/h8-9,12,17H,6-7,10-11,13H2,1-5H3,(H,20,24)/t17-/m0/s1. The fourth-order valence-corrected chi connectivity index (χ4v) is 3.27. The Kier molecular flexibility index (Phi) is 6.82. The molecule has 6 heteroatoms. The molecular formula is C19H30N4O2. The predicted octanol–water partition coefficient (Wildman–Crippen LogP) is 2.76. The molecule has 0 aliphatic heterocycles. The molecule has 0 saturated heterocycles. The molecule has 0 aliphatic carbocycles. The molecule has 0 bridgehead atoms. The van der Waals surface area contributed by atoms with E-state index in [-0.39, 0.29) is 11.9 Å². The number of hydrogen-bond donors (Lipinski definition) is 1. The Bertz CT molecular complexity index is 672. The van der Waals surface area contributed by atoms with Gasteiger partial charge in [-0.25, -0.2) is 0 Å². The van der Waals surface area contributed by atoms with E-state index in [1.165, 1.54) is 5.56 Å². The summed E-state index contributed by atoms with van der Waals surface area (Å²) in [5, 5.41) is 7.48. The molecule has 2 rings (SSSR count). The fraction of sp³-hybridized carbons (Fsp3) is 0.579. The van der Waals surface area contributed by atoms with Gasteiger partial charge in [0, 0.05) is 25.7 Å². The first kappa shape index (κ1) is 19.2. The summed E-state index contributed by atoms with van der Waals surface area (Å²) in [4.78, 5) is 14.6. The SMILES string of the molecule is CCN(CC)[C@@H](CNC(=O)CCc1c(C)nn(C)c1C)c1ccco1. The first-order valence-corrected chi connectivity index (χ1v) is 9.01. The highest BCUT2D eigenvalue weighted by atomic mass is 16.3. The number of furan rings is 1. The second kappa shape index (κ2) is 8.85. The van der Waals surface area contributed by atoms with Gasteiger partial charge in [-0.3, -0.25) is 14.4 Å². The minimum atomic E-state index is 0.0614. The number of aryl methyl sites for hydroxylation is 2. The van der Waals surface area contributed by atoms with E-state index < -0.39 is 0 Å². The van der Waals surface area contributed by atoms with Crippen LogP contribution in [0.25, 0.3) is 0 Å². The molecule has 6 nitrogen and oxygen atoms in total. The lowest BCUT2D eigenvalue weighted by Gasteiger charge is -2.28. The van der Waals surface area contributed by atoms with Crippen molar-refractivity contribution >= 4 is 5.91 Å². The number of nitrogens with zero attached hydrogens (tertiary/aromatic N) is 3. The third-order valence-corrected chi connectivity index (χ3v) is 4.88. The summed E-state index contributed by atoms with van der Waals surface area (Å²) in [7, 11) is 1.93. The molecule has 1 atom stereocenters. The van der Waals surface area contributed by atoms with Gasteiger partial charge in [0.05, 0.1) is 18.0 Å². The molecule has 1 N–H and O–H groups in total. The van der Waals surface area contributed by atoms with Crippen LogP contribution >= 0.6 is 0 Å². The summed E-state index contributed by atoms with van der Waals surface area (Å²) >= 11 is 0. The van der Waals surface area contributed by atoms with Crippen LogP contribution in [0, 0.1) is 13.8 Å². The highest BCUT2D eigenvalue weighted by Crippen LogP contribution is 2.20. The Labute approximate surface area is 150 Å².